The van der Waals surface area contributed by atoms with E-state index in [4.69, 9.17) is 9.47 Å². The van der Waals surface area contributed by atoms with Crippen LogP contribution < -0.4 is 4.74 Å². The first-order valence-electron chi connectivity index (χ1n) is 7.22. The minimum absolute atomic E-state index is 0.0279. The van der Waals surface area contributed by atoms with E-state index >= 15 is 0 Å². The molecular weight excluding hydrogens is 292 g/mol. The average Bonchev–Trinajstić information content (AvgIpc) is 2.46. The second kappa shape index (κ2) is 5.55. The van der Waals surface area contributed by atoms with Crippen LogP contribution in [0.4, 0.5) is 0 Å². The largest absolute Gasteiger partial charge is 0.474 e. The molecule has 116 valence electrons. The van der Waals surface area contributed by atoms with Crippen molar-refractivity contribution in [2.24, 2.45) is 0 Å². The molecule has 2 fully saturated rings. The van der Waals surface area contributed by atoms with Crippen molar-refractivity contribution in [3.05, 3.63) is 24.4 Å². The second-order valence-corrected chi connectivity index (χ2v) is 7.86. The van der Waals surface area contributed by atoms with Gasteiger partial charge in [0, 0.05) is 38.2 Å². The van der Waals surface area contributed by atoms with Gasteiger partial charge in [-0.3, -0.25) is 0 Å². The summed E-state index contributed by atoms with van der Waals surface area (Å²) in [5, 5.41) is 0. The molecule has 1 aromatic heterocycles. The number of hydrogen-bond acceptors (Lipinski definition) is 5. The van der Waals surface area contributed by atoms with Gasteiger partial charge in [-0.05, 0) is 13.0 Å². The van der Waals surface area contributed by atoms with E-state index in [2.05, 4.69) is 4.98 Å². The third-order valence-corrected chi connectivity index (χ3v) is 5.83. The van der Waals surface area contributed by atoms with Gasteiger partial charge < -0.3 is 9.47 Å². The van der Waals surface area contributed by atoms with Gasteiger partial charge in [0.1, 0.15) is 6.10 Å². The second-order valence-electron chi connectivity index (χ2n) is 5.60. The predicted octanol–water partition coefficient (Wildman–Crippen LogP) is 1.04. The summed E-state index contributed by atoms with van der Waals surface area (Å²) < 4.78 is 36.8. The van der Waals surface area contributed by atoms with Crippen molar-refractivity contribution >= 4 is 10.0 Å². The summed E-state index contributed by atoms with van der Waals surface area (Å²) in [7, 11) is -3.11. The van der Waals surface area contributed by atoms with Crippen LogP contribution in [0.15, 0.2) is 24.4 Å². The molecule has 1 spiro atoms. The first-order chi connectivity index (χ1) is 10.0. The molecule has 1 atom stereocenters. The molecule has 0 aliphatic carbocycles. The molecule has 3 rings (SSSR count). The Hall–Kier alpha value is -1.18. The molecule has 0 saturated carbocycles. The lowest BCUT2D eigenvalue weighted by atomic mass is 9.86. The van der Waals surface area contributed by atoms with Gasteiger partial charge in [-0.2, -0.15) is 4.31 Å². The summed E-state index contributed by atoms with van der Waals surface area (Å²) in [5.74, 6) is 0.744. The van der Waals surface area contributed by atoms with Crippen LogP contribution in [-0.2, 0) is 14.8 Å². The topological polar surface area (TPSA) is 68.7 Å². The maximum Gasteiger partial charge on any atom is 0.214 e. The third kappa shape index (κ3) is 3.04. The minimum Gasteiger partial charge on any atom is -0.474 e. The molecule has 3 heterocycles. The minimum atomic E-state index is -3.11. The van der Waals surface area contributed by atoms with Gasteiger partial charge in [-0.15, -0.1) is 0 Å². The number of pyridine rings is 1. The van der Waals surface area contributed by atoms with Crippen LogP contribution in [0.2, 0.25) is 0 Å². The van der Waals surface area contributed by atoms with E-state index in [1.807, 2.05) is 18.2 Å². The Kier molecular flexibility index (Phi) is 3.90. The zero-order valence-electron chi connectivity index (χ0n) is 12.1. The van der Waals surface area contributed by atoms with E-state index in [0.29, 0.717) is 32.0 Å². The van der Waals surface area contributed by atoms with Crippen LogP contribution in [0.1, 0.15) is 19.8 Å². The van der Waals surface area contributed by atoms with E-state index < -0.39 is 10.0 Å². The fourth-order valence-corrected chi connectivity index (χ4v) is 4.10. The first kappa shape index (κ1) is 14.7. The van der Waals surface area contributed by atoms with Gasteiger partial charge in [0.25, 0.3) is 0 Å². The molecule has 1 unspecified atom stereocenters. The maximum atomic E-state index is 11.8. The fourth-order valence-electron chi connectivity index (χ4n) is 2.87. The highest BCUT2D eigenvalue weighted by Gasteiger charge is 2.51. The molecule has 0 radical (unpaired) electrons. The number of rotatable bonds is 4. The van der Waals surface area contributed by atoms with Crippen molar-refractivity contribution in [3.8, 4) is 5.88 Å². The average molecular weight is 312 g/mol. The molecule has 21 heavy (non-hydrogen) atoms. The van der Waals surface area contributed by atoms with Gasteiger partial charge in [0.2, 0.25) is 15.9 Å². The summed E-state index contributed by atoms with van der Waals surface area (Å²) in [6, 6.07) is 5.56. The van der Waals surface area contributed by atoms with E-state index in [9.17, 15) is 8.42 Å². The molecular formula is C14H20N2O4S. The number of aromatic nitrogens is 1. The van der Waals surface area contributed by atoms with Crippen LogP contribution in [0, 0.1) is 0 Å². The highest BCUT2D eigenvalue weighted by atomic mass is 32.2. The number of nitrogens with zero attached hydrogens (tertiary/aromatic N) is 2. The van der Waals surface area contributed by atoms with Crippen LogP contribution in [0.3, 0.4) is 0 Å². The van der Waals surface area contributed by atoms with Crippen molar-refractivity contribution < 1.29 is 17.9 Å². The molecule has 0 bridgehead atoms. The zero-order chi connectivity index (χ0) is 14.9. The summed E-state index contributed by atoms with van der Waals surface area (Å²) in [6.45, 7) is 3.13. The Morgan fingerprint density at radius 2 is 2.29 bits per heavy atom. The third-order valence-electron chi connectivity index (χ3n) is 4.06. The Balaban J connectivity index is 1.60. The number of ether oxygens (including phenoxy) is 2. The fraction of sp³-hybridized carbons (Fsp3) is 0.643. The Morgan fingerprint density at radius 1 is 1.48 bits per heavy atom. The summed E-state index contributed by atoms with van der Waals surface area (Å²) >= 11 is 0. The lowest BCUT2D eigenvalue weighted by Crippen LogP contribution is -2.67. The van der Waals surface area contributed by atoms with Crippen molar-refractivity contribution in [1.82, 2.24) is 9.29 Å². The quantitative estimate of drug-likeness (QED) is 0.831. The Bertz CT molecular complexity index is 584. The number of sulfonamides is 1. The smallest absolute Gasteiger partial charge is 0.214 e. The molecule has 2 aliphatic heterocycles. The van der Waals surface area contributed by atoms with Crippen molar-refractivity contribution in [3.63, 3.8) is 0 Å². The number of hydrogen-bond donors (Lipinski definition) is 0. The van der Waals surface area contributed by atoms with E-state index in [-0.39, 0.29) is 17.5 Å². The van der Waals surface area contributed by atoms with Gasteiger partial charge >= 0.3 is 0 Å². The molecule has 0 amide bonds. The van der Waals surface area contributed by atoms with E-state index in [1.54, 1.807) is 13.1 Å². The van der Waals surface area contributed by atoms with Crippen LogP contribution in [0.5, 0.6) is 5.88 Å². The van der Waals surface area contributed by atoms with Crippen molar-refractivity contribution in [2.75, 3.05) is 25.4 Å². The monoisotopic (exact) mass is 312 g/mol. The van der Waals surface area contributed by atoms with Crippen LogP contribution in [-0.4, -0.2) is 54.9 Å². The highest BCUT2D eigenvalue weighted by molar-refractivity contribution is 7.89. The Labute approximate surface area is 125 Å². The van der Waals surface area contributed by atoms with Gasteiger partial charge in [-0.25, -0.2) is 13.4 Å². The lowest BCUT2D eigenvalue weighted by Gasteiger charge is -2.51. The van der Waals surface area contributed by atoms with Gasteiger partial charge in [0.15, 0.2) is 0 Å². The molecule has 2 aliphatic rings. The highest BCUT2D eigenvalue weighted by Crippen LogP contribution is 2.36. The molecule has 1 aromatic rings. The van der Waals surface area contributed by atoms with Crippen molar-refractivity contribution in [1.29, 1.82) is 0 Å². The van der Waals surface area contributed by atoms with Crippen LogP contribution in [0.25, 0.3) is 0 Å². The standard InChI is InChI=1S/C14H20N2O4S/c1-2-21(17,18)16-10-14(11-16)9-12(6-8-19-14)20-13-5-3-4-7-15-13/h3-5,7,12H,2,6,8-11H2,1H3. The zero-order valence-corrected chi connectivity index (χ0v) is 12.9. The summed E-state index contributed by atoms with van der Waals surface area (Å²) in [4.78, 5) is 4.16. The molecule has 6 nitrogen and oxygen atoms in total. The van der Waals surface area contributed by atoms with Gasteiger partial charge in [-0.1, -0.05) is 6.07 Å². The molecule has 2 saturated heterocycles. The summed E-state index contributed by atoms with van der Waals surface area (Å²) in [6.07, 6.45) is 3.24. The predicted molar refractivity (Wildman–Crippen MR) is 77.6 cm³/mol. The van der Waals surface area contributed by atoms with Gasteiger partial charge in [0.05, 0.1) is 18.0 Å². The van der Waals surface area contributed by atoms with E-state index in [1.165, 1.54) is 4.31 Å². The Morgan fingerprint density at radius 3 is 2.95 bits per heavy atom. The lowest BCUT2D eigenvalue weighted by molar-refractivity contribution is -0.165. The van der Waals surface area contributed by atoms with E-state index in [0.717, 1.165) is 6.42 Å². The molecule has 0 N–H and O–H groups in total. The molecule has 0 aromatic carbocycles. The summed E-state index contributed by atoms with van der Waals surface area (Å²) in [5.41, 5.74) is -0.375. The van der Waals surface area contributed by atoms with Crippen molar-refractivity contribution in [2.45, 2.75) is 31.5 Å². The molecule has 7 heteroatoms. The first-order valence-corrected chi connectivity index (χ1v) is 8.83. The maximum absolute atomic E-state index is 11.8. The SMILES string of the molecule is CCS(=O)(=O)N1CC2(CC(Oc3ccccn3)CCO2)C1. The van der Waals surface area contributed by atoms with Crippen LogP contribution >= 0.6 is 0 Å². The normalized spacial score (nSPS) is 25.5.